The van der Waals surface area contributed by atoms with Crippen LogP contribution in [0.3, 0.4) is 0 Å². The largest absolute Gasteiger partial charge is 0.444 e. The van der Waals surface area contributed by atoms with Gasteiger partial charge in [0, 0.05) is 29.1 Å². The fraction of sp³-hybridized carbons (Fsp3) is 0.209. The molecule has 8 nitrogen and oxygen atoms in total. The minimum Gasteiger partial charge on any atom is -0.444 e. The molecule has 1 aliphatic rings. The number of likely N-dealkylation sites (tertiary alicyclic amines) is 1. The highest BCUT2D eigenvalue weighted by Gasteiger charge is 2.41. The highest BCUT2D eigenvalue weighted by molar-refractivity contribution is 6.33. The maximum absolute atomic E-state index is 14.1. The summed E-state index contributed by atoms with van der Waals surface area (Å²) in [5.41, 5.74) is 4.06. The Kier molecular flexibility index (Phi) is 9.31. The first-order valence-electron chi connectivity index (χ1n) is 17.3. The molecule has 260 valence electrons. The average Bonchev–Trinajstić information content (AvgIpc) is 3.79. The number of halogens is 1. The van der Waals surface area contributed by atoms with Crippen LogP contribution in [0.2, 0.25) is 5.02 Å². The lowest BCUT2D eigenvalue weighted by atomic mass is 9.77. The van der Waals surface area contributed by atoms with Gasteiger partial charge in [0.1, 0.15) is 11.1 Å². The molecule has 1 saturated heterocycles. The molecule has 1 atom stereocenters. The minimum atomic E-state index is -0.953. The van der Waals surface area contributed by atoms with Crippen molar-refractivity contribution < 1.29 is 14.3 Å². The van der Waals surface area contributed by atoms with Crippen molar-refractivity contribution in [3.8, 4) is 17.2 Å². The van der Waals surface area contributed by atoms with Crippen LogP contribution in [0, 0.1) is 17.2 Å². The number of fused-ring (bicyclic) bond motifs is 1. The van der Waals surface area contributed by atoms with E-state index in [0.717, 1.165) is 27.8 Å². The second kappa shape index (κ2) is 14.0. The van der Waals surface area contributed by atoms with Crippen LogP contribution in [0.4, 0.5) is 10.6 Å². The molecule has 52 heavy (non-hydrogen) atoms. The van der Waals surface area contributed by atoms with E-state index in [1.54, 1.807) is 23.1 Å². The summed E-state index contributed by atoms with van der Waals surface area (Å²) in [6.45, 7) is 6.13. The number of hydrogen-bond donors (Lipinski definition) is 1. The topological polar surface area (TPSA) is 100 Å². The predicted octanol–water partition coefficient (Wildman–Crippen LogP) is 9.26. The molecule has 1 aromatic heterocycles. The van der Waals surface area contributed by atoms with E-state index >= 15 is 0 Å². The van der Waals surface area contributed by atoms with Crippen molar-refractivity contribution in [1.82, 2.24) is 14.7 Å². The number of hydrogen-bond acceptors (Lipinski definition) is 5. The Bertz CT molecular complexity index is 2200. The molecule has 0 saturated carbocycles. The minimum absolute atomic E-state index is 0.239. The smallest absolute Gasteiger partial charge is 0.410 e. The van der Waals surface area contributed by atoms with Crippen LogP contribution in [0.5, 0.6) is 0 Å². The Labute approximate surface area is 308 Å². The summed E-state index contributed by atoms with van der Waals surface area (Å²) in [4.78, 5) is 28.5. The maximum atomic E-state index is 14.1. The van der Waals surface area contributed by atoms with Gasteiger partial charge < -0.3 is 15.0 Å². The summed E-state index contributed by atoms with van der Waals surface area (Å²) in [6, 6.07) is 43.9. The number of benzene rings is 5. The van der Waals surface area contributed by atoms with Crippen molar-refractivity contribution in [1.29, 1.82) is 5.26 Å². The van der Waals surface area contributed by atoms with Crippen molar-refractivity contribution in [3.63, 3.8) is 0 Å². The molecule has 1 fully saturated rings. The van der Waals surface area contributed by atoms with Crippen LogP contribution in [0.1, 0.15) is 49.4 Å². The molecule has 0 aliphatic carbocycles. The van der Waals surface area contributed by atoms with Crippen LogP contribution >= 0.6 is 11.6 Å². The first-order valence-corrected chi connectivity index (χ1v) is 17.6. The van der Waals surface area contributed by atoms with E-state index in [2.05, 4.69) is 47.8 Å². The Balaban J connectivity index is 1.42. The number of ether oxygens (including phenoxy) is 1. The van der Waals surface area contributed by atoms with Crippen LogP contribution in [0.15, 0.2) is 127 Å². The fourth-order valence-corrected chi connectivity index (χ4v) is 7.27. The Hall–Kier alpha value is -5.91. The van der Waals surface area contributed by atoms with Gasteiger partial charge >= 0.3 is 6.09 Å². The van der Waals surface area contributed by atoms with Gasteiger partial charge in [-0.2, -0.15) is 10.4 Å². The van der Waals surface area contributed by atoms with E-state index in [9.17, 15) is 14.9 Å². The van der Waals surface area contributed by atoms with Gasteiger partial charge in [0.25, 0.3) is 0 Å². The van der Waals surface area contributed by atoms with Gasteiger partial charge in [0.2, 0.25) is 5.91 Å². The third kappa shape index (κ3) is 6.52. The number of nitriles is 1. The number of nitrogens with zero attached hydrogens (tertiary/aromatic N) is 4. The number of amides is 2. The summed E-state index contributed by atoms with van der Waals surface area (Å²) in [5.74, 6) is -0.325. The van der Waals surface area contributed by atoms with Crippen LogP contribution in [-0.4, -0.2) is 45.4 Å². The van der Waals surface area contributed by atoms with Crippen molar-refractivity contribution in [2.75, 3.05) is 18.4 Å². The molecule has 0 spiro atoms. The molecule has 1 aliphatic heterocycles. The summed E-state index contributed by atoms with van der Waals surface area (Å²) < 4.78 is 7.58. The normalized spacial score (nSPS) is 14.6. The third-order valence-electron chi connectivity index (χ3n) is 9.43. The van der Waals surface area contributed by atoms with Gasteiger partial charge in [0.05, 0.1) is 23.1 Å². The molecular weight excluding hydrogens is 670 g/mol. The van der Waals surface area contributed by atoms with Gasteiger partial charge in [-0.3, -0.25) is 4.79 Å². The first kappa shape index (κ1) is 34.5. The monoisotopic (exact) mass is 707 g/mol. The summed E-state index contributed by atoms with van der Waals surface area (Å²) >= 11 is 6.70. The van der Waals surface area contributed by atoms with Crippen LogP contribution in [-0.2, 0) is 15.1 Å². The Morgan fingerprint density at radius 2 is 1.44 bits per heavy atom. The number of carbonyl (C=O) groups is 2. The lowest BCUT2D eigenvalue weighted by Gasteiger charge is -2.37. The number of anilines is 1. The Morgan fingerprint density at radius 1 is 0.846 bits per heavy atom. The highest BCUT2D eigenvalue weighted by atomic mass is 35.5. The van der Waals surface area contributed by atoms with Gasteiger partial charge in [-0.15, -0.1) is 0 Å². The quantitative estimate of drug-likeness (QED) is 0.167. The van der Waals surface area contributed by atoms with Crippen LogP contribution in [0.25, 0.3) is 22.0 Å². The van der Waals surface area contributed by atoms with E-state index in [4.69, 9.17) is 21.4 Å². The van der Waals surface area contributed by atoms with Gasteiger partial charge in [-0.1, -0.05) is 109 Å². The molecule has 0 bridgehead atoms. The second-order valence-electron chi connectivity index (χ2n) is 14.0. The number of nitrogens with one attached hydrogen (secondary N) is 1. The molecule has 1 N–H and O–H groups in total. The zero-order chi connectivity index (χ0) is 36.5. The van der Waals surface area contributed by atoms with E-state index in [1.807, 2.05) is 98.2 Å². The summed E-state index contributed by atoms with van der Waals surface area (Å²) in [7, 11) is 0. The van der Waals surface area contributed by atoms with Crippen molar-refractivity contribution >= 4 is 40.3 Å². The zero-order valence-corrected chi connectivity index (χ0v) is 30.0. The molecule has 0 radical (unpaired) electrons. The zero-order valence-electron chi connectivity index (χ0n) is 29.2. The number of rotatable bonds is 7. The van der Waals surface area contributed by atoms with Gasteiger partial charge in [-0.25, -0.2) is 9.48 Å². The molecule has 0 unspecified atom stereocenters. The lowest BCUT2D eigenvalue weighted by molar-refractivity contribution is -0.119. The molecule has 2 amide bonds. The molecular formula is C43H38ClN5O3. The van der Waals surface area contributed by atoms with Crippen molar-refractivity contribution in [2.24, 2.45) is 5.92 Å². The van der Waals surface area contributed by atoms with E-state index in [1.165, 1.54) is 0 Å². The van der Waals surface area contributed by atoms with Crippen molar-refractivity contribution in [3.05, 3.63) is 155 Å². The molecule has 5 aromatic carbocycles. The third-order valence-corrected chi connectivity index (χ3v) is 9.76. The van der Waals surface area contributed by atoms with Gasteiger partial charge in [-0.05, 0) is 79.8 Å². The average molecular weight is 708 g/mol. The standard InChI is InChI=1S/C43H38ClN5O3/c1-42(2,3)52-41(51)48-24-23-31(28-48)40(50)46-39-36-26-30(35-25-29(27-45)19-21-37(35)44)20-22-38(36)49(47-39)43(32-13-7-4-8-14-32,33-15-9-5-10-16-33)34-17-11-6-12-18-34/h4-22,25-26,31H,23-24,28H2,1-3H3,(H,46,47,50)/t31-/m1/s1. The highest BCUT2D eigenvalue weighted by Crippen LogP contribution is 2.44. The molecule has 2 heterocycles. The summed E-state index contributed by atoms with van der Waals surface area (Å²) in [5, 5.41) is 19.3. The molecule has 9 heteroatoms. The Morgan fingerprint density at radius 3 is 2.00 bits per heavy atom. The first-order chi connectivity index (χ1) is 25.1. The van der Waals surface area contributed by atoms with Crippen molar-refractivity contribution in [2.45, 2.75) is 38.3 Å². The second-order valence-corrected chi connectivity index (χ2v) is 14.4. The SMILES string of the molecule is CC(C)(C)OC(=O)N1CC[C@@H](C(=O)Nc2nn(C(c3ccccc3)(c3ccccc3)c3ccccc3)c3ccc(-c4cc(C#N)ccc4Cl)cc23)C1. The fourth-order valence-electron chi connectivity index (χ4n) is 7.04. The maximum Gasteiger partial charge on any atom is 0.410 e. The van der Waals surface area contributed by atoms with E-state index in [0.29, 0.717) is 40.3 Å². The molecule has 7 rings (SSSR count). The summed E-state index contributed by atoms with van der Waals surface area (Å²) in [6.07, 6.45) is 0.0602. The van der Waals surface area contributed by atoms with E-state index in [-0.39, 0.29) is 12.5 Å². The molecule has 6 aromatic rings. The lowest BCUT2D eigenvalue weighted by Crippen LogP contribution is -2.38. The van der Waals surface area contributed by atoms with Crippen LogP contribution < -0.4 is 5.32 Å². The van der Waals surface area contributed by atoms with E-state index < -0.39 is 23.2 Å². The number of aromatic nitrogens is 2. The van der Waals surface area contributed by atoms with Gasteiger partial charge in [0.15, 0.2) is 5.82 Å². The number of carbonyl (C=O) groups excluding carboxylic acids is 2. The predicted molar refractivity (Wildman–Crippen MR) is 204 cm³/mol.